The van der Waals surface area contributed by atoms with E-state index in [0.717, 1.165) is 4.90 Å². The molecule has 6 nitrogen and oxygen atoms in total. The summed E-state index contributed by atoms with van der Waals surface area (Å²) in [6.45, 7) is 9.74. The number of amides is 2. The van der Waals surface area contributed by atoms with Gasteiger partial charge in [-0.1, -0.05) is 13.8 Å². The summed E-state index contributed by atoms with van der Waals surface area (Å²) in [5.74, 6) is -1.09. The first kappa shape index (κ1) is 17.5. The van der Waals surface area contributed by atoms with Gasteiger partial charge in [-0.05, 0) is 33.1 Å². The van der Waals surface area contributed by atoms with Crippen molar-refractivity contribution in [2.75, 3.05) is 13.2 Å². The number of hydrogen-bond acceptors (Lipinski definition) is 5. The lowest BCUT2D eigenvalue weighted by atomic mass is 9.93. The van der Waals surface area contributed by atoms with Crippen LogP contribution in [0.25, 0.3) is 0 Å². The van der Waals surface area contributed by atoms with E-state index in [0.29, 0.717) is 6.42 Å². The zero-order valence-electron chi connectivity index (χ0n) is 13.5. The molecule has 1 aliphatic rings. The van der Waals surface area contributed by atoms with Gasteiger partial charge in [0.15, 0.2) is 0 Å². The van der Waals surface area contributed by atoms with Crippen molar-refractivity contribution in [2.45, 2.75) is 53.1 Å². The van der Waals surface area contributed by atoms with Crippen LogP contribution >= 0.6 is 0 Å². The lowest BCUT2D eigenvalue weighted by Crippen LogP contribution is -2.39. The summed E-state index contributed by atoms with van der Waals surface area (Å²) in [5.41, 5.74) is -0.588. The standard InChI is InChI=1S/C15H25NO5/c1-10(2)8-11(9-12(17)21-15(3,4)5)13(18)16-6-7-20-14(16)19/h10-11H,6-9H2,1-5H3. The molecule has 1 heterocycles. The maximum Gasteiger partial charge on any atom is 0.416 e. The highest BCUT2D eigenvalue weighted by Gasteiger charge is 2.35. The SMILES string of the molecule is CC(C)CC(CC(=O)OC(C)(C)C)C(=O)N1CCOC1=O. The van der Waals surface area contributed by atoms with Crippen molar-refractivity contribution < 1.29 is 23.9 Å². The lowest BCUT2D eigenvalue weighted by Gasteiger charge is -2.24. The maximum atomic E-state index is 12.4. The van der Waals surface area contributed by atoms with Gasteiger partial charge in [0.25, 0.3) is 0 Å². The average molecular weight is 299 g/mol. The predicted octanol–water partition coefficient (Wildman–Crippen LogP) is 2.36. The summed E-state index contributed by atoms with van der Waals surface area (Å²) in [7, 11) is 0. The van der Waals surface area contributed by atoms with Gasteiger partial charge in [0.05, 0.1) is 13.0 Å². The fraction of sp³-hybridized carbons (Fsp3) is 0.800. The van der Waals surface area contributed by atoms with E-state index in [4.69, 9.17) is 9.47 Å². The van der Waals surface area contributed by atoms with Gasteiger partial charge in [-0.3, -0.25) is 9.59 Å². The fourth-order valence-corrected chi connectivity index (χ4v) is 2.24. The van der Waals surface area contributed by atoms with Gasteiger partial charge in [-0.2, -0.15) is 0 Å². The Bertz CT molecular complexity index is 411. The normalized spacial score (nSPS) is 16.9. The topological polar surface area (TPSA) is 72.9 Å². The van der Waals surface area contributed by atoms with Crippen LogP contribution in [0, 0.1) is 11.8 Å². The molecule has 0 aliphatic carbocycles. The Morgan fingerprint density at radius 1 is 1.33 bits per heavy atom. The first-order chi connectivity index (χ1) is 9.60. The van der Waals surface area contributed by atoms with E-state index in [1.54, 1.807) is 20.8 Å². The molecule has 1 saturated heterocycles. The van der Waals surface area contributed by atoms with E-state index in [1.165, 1.54) is 0 Å². The Hall–Kier alpha value is -1.59. The van der Waals surface area contributed by atoms with Gasteiger partial charge in [0.1, 0.15) is 12.2 Å². The maximum absolute atomic E-state index is 12.4. The van der Waals surface area contributed by atoms with Crippen LogP contribution < -0.4 is 0 Å². The van der Waals surface area contributed by atoms with Crippen LogP contribution in [0.15, 0.2) is 0 Å². The number of hydrogen-bond donors (Lipinski definition) is 0. The molecule has 0 saturated carbocycles. The van der Waals surface area contributed by atoms with E-state index in [2.05, 4.69) is 0 Å². The van der Waals surface area contributed by atoms with Crippen LogP contribution in [0.1, 0.15) is 47.5 Å². The molecule has 6 heteroatoms. The molecule has 0 radical (unpaired) electrons. The first-order valence-corrected chi connectivity index (χ1v) is 7.30. The van der Waals surface area contributed by atoms with Gasteiger partial charge < -0.3 is 9.47 Å². The van der Waals surface area contributed by atoms with Gasteiger partial charge in [-0.15, -0.1) is 0 Å². The second-order valence-corrected chi connectivity index (χ2v) is 6.72. The molecule has 1 atom stereocenters. The number of nitrogens with zero attached hydrogens (tertiary/aromatic N) is 1. The molecule has 1 fully saturated rings. The van der Waals surface area contributed by atoms with Crippen LogP contribution in [0.2, 0.25) is 0 Å². The van der Waals surface area contributed by atoms with E-state index in [9.17, 15) is 14.4 Å². The summed E-state index contributed by atoms with van der Waals surface area (Å²) in [5, 5.41) is 0. The van der Waals surface area contributed by atoms with E-state index >= 15 is 0 Å². The molecule has 0 aromatic rings. The lowest BCUT2D eigenvalue weighted by molar-refractivity contribution is -0.158. The fourth-order valence-electron chi connectivity index (χ4n) is 2.24. The summed E-state index contributed by atoms with van der Waals surface area (Å²) in [6, 6.07) is 0. The smallest absolute Gasteiger partial charge is 0.416 e. The molecule has 0 bridgehead atoms. The van der Waals surface area contributed by atoms with Crippen molar-refractivity contribution in [1.82, 2.24) is 4.90 Å². The molecule has 21 heavy (non-hydrogen) atoms. The van der Waals surface area contributed by atoms with Crippen molar-refractivity contribution in [1.29, 1.82) is 0 Å². The Labute approximate surface area is 125 Å². The first-order valence-electron chi connectivity index (χ1n) is 7.30. The zero-order chi connectivity index (χ0) is 16.2. The number of cyclic esters (lactones) is 1. The van der Waals surface area contributed by atoms with Crippen molar-refractivity contribution in [2.24, 2.45) is 11.8 Å². The van der Waals surface area contributed by atoms with E-state index in [1.807, 2.05) is 13.8 Å². The Morgan fingerprint density at radius 3 is 2.38 bits per heavy atom. The van der Waals surface area contributed by atoms with Crippen LogP contribution in [0.3, 0.4) is 0 Å². The quantitative estimate of drug-likeness (QED) is 0.729. The third-order valence-electron chi connectivity index (χ3n) is 2.97. The van der Waals surface area contributed by atoms with Gasteiger partial charge in [-0.25, -0.2) is 9.69 Å². The summed E-state index contributed by atoms with van der Waals surface area (Å²) in [6.07, 6.45) is -0.113. The molecule has 2 amide bonds. The number of imide groups is 1. The second kappa shape index (κ2) is 6.91. The summed E-state index contributed by atoms with van der Waals surface area (Å²) < 4.78 is 10.0. The Morgan fingerprint density at radius 2 is 1.95 bits per heavy atom. The molecular weight excluding hydrogens is 274 g/mol. The van der Waals surface area contributed by atoms with Crippen LogP contribution in [-0.4, -0.2) is 41.6 Å². The summed E-state index contributed by atoms with van der Waals surface area (Å²) >= 11 is 0. The molecule has 0 aromatic carbocycles. The average Bonchev–Trinajstić information content (AvgIpc) is 2.70. The number of esters is 1. The molecule has 0 spiro atoms. The van der Waals surface area contributed by atoms with Gasteiger partial charge >= 0.3 is 12.1 Å². The van der Waals surface area contributed by atoms with Gasteiger partial charge in [0.2, 0.25) is 5.91 Å². The Kier molecular flexibility index (Phi) is 5.75. The zero-order valence-corrected chi connectivity index (χ0v) is 13.5. The second-order valence-electron chi connectivity index (χ2n) is 6.72. The third kappa shape index (κ3) is 5.73. The minimum atomic E-state index is -0.627. The molecule has 0 aromatic heterocycles. The predicted molar refractivity (Wildman–Crippen MR) is 76.5 cm³/mol. The van der Waals surface area contributed by atoms with E-state index in [-0.39, 0.29) is 31.4 Å². The van der Waals surface area contributed by atoms with Crippen LogP contribution in [0.4, 0.5) is 4.79 Å². The van der Waals surface area contributed by atoms with Crippen molar-refractivity contribution >= 4 is 18.0 Å². The minimum Gasteiger partial charge on any atom is -0.460 e. The van der Waals surface area contributed by atoms with Crippen LogP contribution in [0.5, 0.6) is 0 Å². The third-order valence-corrected chi connectivity index (χ3v) is 2.97. The number of carbonyl (C=O) groups is 3. The molecule has 1 unspecified atom stereocenters. The molecule has 1 aliphatic heterocycles. The number of carbonyl (C=O) groups excluding carboxylic acids is 3. The monoisotopic (exact) mass is 299 g/mol. The largest absolute Gasteiger partial charge is 0.460 e. The van der Waals surface area contributed by atoms with Crippen molar-refractivity contribution in [3.63, 3.8) is 0 Å². The van der Waals surface area contributed by atoms with Crippen molar-refractivity contribution in [3.05, 3.63) is 0 Å². The van der Waals surface area contributed by atoms with E-state index < -0.39 is 23.6 Å². The highest BCUT2D eigenvalue weighted by Crippen LogP contribution is 2.22. The van der Waals surface area contributed by atoms with Crippen molar-refractivity contribution in [3.8, 4) is 0 Å². The molecule has 1 rings (SSSR count). The number of rotatable bonds is 5. The molecular formula is C15H25NO5. The van der Waals surface area contributed by atoms with Gasteiger partial charge in [0, 0.05) is 5.92 Å². The highest BCUT2D eigenvalue weighted by atomic mass is 16.6. The van der Waals surface area contributed by atoms with Crippen LogP contribution in [-0.2, 0) is 19.1 Å². The minimum absolute atomic E-state index is 0.0158. The number of ether oxygens (including phenoxy) is 2. The molecule has 120 valence electrons. The Balaban J connectivity index is 2.73. The highest BCUT2D eigenvalue weighted by molar-refractivity contribution is 5.95. The molecule has 0 N–H and O–H groups in total. The summed E-state index contributed by atoms with van der Waals surface area (Å²) in [4.78, 5) is 36.9.